The molecule has 1 heterocycles. The lowest BCUT2D eigenvalue weighted by Gasteiger charge is -2.04. The molecule has 0 bridgehead atoms. The van der Waals surface area contributed by atoms with Gasteiger partial charge in [-0.15, -0.1) is 11.8 Å². The van der Waals surface area contributed by atoms with E-state index in [4.69, 9.17) is 0 Å². The van der Waals surface area contributed by atoms with Crippen LogP contribution in [0, 0.1) is 0 Å². The van der Waals surface area contributed by atoms with Crippen molar-refractivity contribution in [3.63, 3.8) is 0 Å². The molecule has 0 aliphatic heterocycles. The SMILES string of the molecule is CCCS/C=C(/C)n1c(C(=O)c2ccc(Br)cc2)noc1=O. The molecule has 0 spiro atoms. The number of nitrogens with zero attached hydrogens (tertiary/aromatic N) is 2. The molecule has 1 aromatic carbocycles. The summed E-state index contributed by atoms with van der Waals surface area (Å²) in [4.78, 5) is 24.3. The van der Waals surface area contributed by atoms with E-state index >= 15 is 0 Å². The van der Waals surface area contributed by atoms with Crippen molar-refractivity contribution in [3.8, 4) is 0 Å². The molecule has 0 N–H and O–H groups in total. The minimum atomic E-state index is -0.661. The second-order valence-electron chi connectivity index (χ2n) is 4.57. The zero-order chi connectivity index (χ0) is 16.1. The number of rotatable bonds is 6. The molecule has 0 aliphatic carbocycles. The fraction of sp³-hybridized carbons (Fsp3) is 0.267. The number of ketones is 1. The lowest BCUT2D eigenvalue weighted by molar-refractivity contribution is 0.102. The maximum absolute atomic E-state index is 12.5. The summed E-state index contributed by atoms with van der Waals surface area (Å²) in [6.45, 7) is 3.82. The standard InChI is InChI=1S/C15H15BrN2O3S/c1-3-8-22-9-10(2)18-14(17-21-15(18)20)13(19)11-4-6-12(16)7-5-11/h4-7,9H,3,8H2,1-2H3/b10-9-. The van der Waals surface area contributed by atoms with E-state index in [-0.39, 0.29) is 11.6 Å². The number of thioether (sulfide) groups is 1. The molecular formula is C15H15BrN2O3S. The van der Waals surface area contributed by atoms with Crippen LogP contribution in [0.25, 0.3) is 5.70 Å². The van der Waals surface area contributed by atoms with Gasteiger partial charge in [0.15, 0.2) is 0 Å². The van der Waals surface area contributed by atoms with E-state index in [1.54, 1.807) is 43.0 Å². The summed E-state index contributed by atoms with van der Waals surface area (Å²) in [5, 5.41) is 5.46. The first kappa shape index (κ1) is 16.8. The predicted molar refractivity (Wildman–Crippen MR) is 91.0 cm³/mol. The van der Waals surface area contributed by atoms with E-state index in [0.717, 1.165) is 16.6 Å². The zero-order valence-corrected chi connectivity index (χ0v) is 14.6. The topological polar surface area (TPSA) is 65.1 Å². The van der Waals surface area contributed by atoms with E-state index in [1.165, 1.54) is 4.57 Å². The Kier molecular flexibility index (Phi) is 5.79. The van der Waals surface area contributed by atoms with Gasteiger partial charge in [-0.1, -0.05) is 28.0 Å². The van der Waals surface area contributed by atoms with Gasteiger partial charge in [-0.25, -0.2) is 9.36 Å². The minimum absolute atomic E-state index is 0.0156. The quantitative estimate of drug-likeness (QED) is 0.561. The van der Waals surface area contributed by atoms with Crippen LogP contribution in [0.3, 0.4) is 0 Å². The van der Waals surface area contributed by atoms with Crippen molar-refractivity contribution < 1.29 is 9.32 Å². The van der Waals surface area contributed by atoms with Gasteiger partial charge in [0, 0.05) is 15.7 Å². The van der Waals surface area contributed by atoms with Crippen molar-refractivity contribution in [3.05, 3.63) is 56.1 Å². The third-order valence-electron chi connectivity index (χ3n) is 2.84. The van der Waals surface area contributed by atoms with E-state index < -0.39 is 5.76 Å². The highest BCUT2D eigenvalue weighted by Crippen LogP contribution is 2.16. The van der Waals surface area contributed by atoms with E-state index in [0.29, 0.717) is 11.3 Å². The number of benzene rings is 1. The Morgan fingerprint density at radius 1 is 1.41 bits per heavy atom. The van der Waals surface area contributed by atoms with Gasteiger partial charge in [0.05, 0.1) is 0 Å². The Hall–Kier alpha value is -1.60. The van der Waals surface area contributed by atoms with Crippen LogP contribution in [0.4, 0.5) is 0 Å². The number of hydrogen-bond donors (Lipinski definition) is 0. The molecule has 0 radical (unpaired) electrons. The van der Waals surface area contributed by atoms with Crippen LogP contribution >= 0.6 is 27.7 Å². The number of aromatic nitrogens is 2. The van der Waals surface area contributed by atoms with Crippen LogP contribution in [0.1, 0.15) is 36.5 Å². The van der Waals surface area contributed by atoms with Gasteiger partial charge < -0.3 is 0 Å². The summed E-state index contributed by atoms with van der Waals surface area (Å²) < 4.78 is 6.74. The van der Waals surface area contributed by atoms with Gasteiger partial charge in [-0.05, 0) is 48.8 Å². The molecule has 22 heavy (non-hydrogen) atoms. The molecule has 7 heteroatoms. The molecule has 0 fully saturated rings. The molecule has 5 nitrogen and oxygen atoms in total. The van der Waals surface area contributed by atoms with E-state index in [9.17, 15) is 9.59 Å². The van der Waals surface area contributed by atoms with Crippen LogP contribution in [0.15, 0.2) is 43.5 Å². The van der Waals surface area contributed by atoms with Crippen LogP contribution in [-0.4, -0.2) is 21.3 Å². The second-order valence-corrected chi connectivity index (χ2v) is 6.47. The fourth-order valence-corrected chi connectivity index (χ4v) is 2.75. The Morgan fingerprint density at radius 2 is 2.09 bits per heavy atom. The average Bonchev–Trinajstić information content (AvgIpc) is 2.89. The molecule has 116 valence electrons. The van der Waals surface area contributed by atoms with Gasteiger partial charge in [-0.2, -0.15) is 0 Å². The van der Waals surface area contributed by atoms with Gasteiger partial charge in [0.2, 0.25) is 11.6 Å². The molecule has 0 amide bonds. The molecule has 1 aromatic heterocycles. The highest BCUT2D eigenvalue weighted by atomic mass is 79.9. The predicted octanol–water partition coefficient (Wildman–Crippen LogP) is 3.79. The van der Waals surface area contributed by atoms with E-state index in [1.807, 2.05) is 5.41 Å². The molecular weight excluding hydrogens is 368 g/mol. The first-order valence-corrected chi connectivity index (χ1v) is 8.56. The van der Waals surface area contributed by atoms with Crippen LogP contribution in [-0.2, 0) is 0 Å². The van der Waals surface area contributed by atoms with Gasteiger partial charge >= 0.3 is 5.76 Å². The highest BCUT2D eigenvalue weighted by molar-refractivity contribution is 9.10. The Morgan fingerprint density at radius 3 is 2.73 bits per heavy atom. The molecule has 0 aliphatic rings. The summed E-state index contributed by atoms with van der Waals surface area (Å²) in [5.41, 5.74) is 1.06. The average molecular weight is 383 g/mol. The highest BCUT2D eigenvalue weighted by Gasteiger charge is 2.21. The number of hydrogen-bond acceptors (Lipinski definition) is 5. The molecule has 2 rings (SSSR count). The zero-order valence-electron chi connectivity index (χ0n) is 12.2. The number of carbonyl (C=O) groups is 1. The maximum atomic E-state index is 12.5. The summed E-state index contributed by atoms with van der Waals surface area (Å²) in [7, 11) is 0. The minimum Gasteiger partial charge on any atom is -0.295 e. The molecule has 0 unspecified atom stereocenters. The lowest BCUT2D eigenvalue weighted by atomic mass is 10.1. The Bertz CT molecular complexity index is 747. The first-order chi connectivity index (χ1) is 10.5. The first-order valence-electron chi connectivity index (χ1n) is 6.72. The summed E-state index contributed by atoms with van der Waals surface area (Å²) in [6.07, 6.45) is 1.03. The molecule has 0 saturated heterocycles. The largest absolute Gasteiger partial charge is 0.446 e. The van der Waals surface area contributed by atoms with Crippen molar-refractivity contribution in [2.24, 2.45) is 0 Å². The Balaban J connectivity index is 2.36. The van der Waals surface area contributed by atoms with Crippen molar-refractivity contribution in [1.82, 2.24) is 9.72 Å². The Labute approximate surface area is 140 Å². The van der Waals surface area contributed by atoms with Crippen LogP contribution in [0.2, 0.25) is 0 Å². The molecule has 0 atom stereocenters. The third kappa shape index (κ3) is 3.78. The van der Waals surface area contributed by atoms with Crippen molar-refractivity contribution in [2.75, 3.05) is 5.75 Å². The van der Waals surface area contributed by atoms with Gasteiger partial charge in [0.1, 0.15) is 0 Å². The lowest BCUT2D eigenvalue weighted by Crippen LogP contribution is -2.18. The molecule has 0 saturated carbocycles. The van der Waals surface area contributed by atoms with Crippen LogP contribution < -0.4 is 5.76 Å². The number of carbonyl (C=O) groups excluding carboxylic acids is 1. The van der Waals surface area contributed by atoms with Crippen molar-refractivity contribution in [2.45, 2.75) is 20.3 Å². The molecule has 2 aromatic rings. The van der Waals surface area contributed by atoms with E-state index in [2.05, 4.69) is 32.5 Å². The fourth-order valence-electron chi connectivity index (χ4n) is 1.78. The maximum Gasteiger partial charge on any atom is 0.446 e. The number of allylic oxidation sites excluding steroid dienone is 1. The van der Waals surface area contributed by atoms with Crippen molar-refractivity contribution in [1.29, 1.82) is 0 Å². The van der Waals surface area contributed by atoms with Crippen LogP contribution in [0.5, 0.6) is 0 Å². The third-order valence-corrected chi connectivity index (χ3v) is 4.52. The smallest absolute Gasteiger partial charge is 0.295 e. The summed E-state index contributed by atoms with van der Waals surface area (Å²) in [5.74, 6) is -0.0936. The number of halogens is 1. The normalized spacial score (nSPS) is 11.7. The summed E-state index contributed by atoms with van der Waals surface area (Å²) in [6, 6.07) is 6.85. The van der Waals surface area contributed by atoms with Gasteiger partial charge in [-0.3, -0.25) is 9.32 Å². The van der Waals surface area contributed by atoms with Gasteiger partial charge in [0.25, 0.3) is 0 Å². The van der Waals surface area contributed by atoms with Crippen molar-refractivity contribution >= 4 is 39.2 Å². The second kappa shape index (κ2) is 7.60. The summed E-state index contributed by atoms with van der Waals surface area (Å²) >= 11 is 4.89. The monoisotopic (exact) mass is 382 g/mol.